The summed E-state index contributed by atoms with van der Waals surface area (Å²) in [6.45, 7) is 0. The molecule has 0 aliphatic heterocycles. The van der Waals surface area contributed by atoms with Crippen molar-refractivity contribution in [2.45, 2.75) is 0 Å². The van der Waals surface area contributed by atoms with Gasteiger partial charge in [-0.1, -0.05) is 6.07 Å². The molecule has 9 heteroatoms. The van der Waals surface area contributed by atoms with Crippen molar-refractivity contribution in [2.75, 3.05) is 4.72 Å². The van der Waals surface area contributed by atoms with Crippen molar-refractivity contribution in [3.05, 3.63) is 28.3 Å². The van der Waals surface area contributed by atoms with Gasteiger partial charge in [-0.2, -0.15) is 8.42 Å². The number of nitrogens with zero attached hydrogens (tertiary/aromatic N) is 1. The second-order valence-electron chi connectivity index (χ2n) is 2.58. The molecule has 1 aromatic rings. The molecule has 0 aromatic heterocycles. The Balaban J connectivity index is 3.32. The zero-order valence-corrected chi connectivity index (χ0v) is 8.06. The van der Waals surface area contributed by atoms with E-state index in [9.17, 15) is 23.6 Å². The van der Waals surface area contributed by atoms with Gasteiger partial charge in [0.25, 0.3) is 15.9 Å². The summed E-state index contributed by atoms with van der Waals surface area (Å²) in [5.41, 5.74) is -1.13. The van der Waals surface area contributed by atoms with Crippen molar-refractivity contribution >= 4 is 21.6 Å². The number of aromatic hydroxyl groups is 1. The van der Waals surface area contributed by atoms with Crippen LogP contribution in [0.5, 0.6) is 5.75 Å². The molecule has 0 radical (unpaired) electrons. The number of anilines is 1. The Morgan fingerprint density at radius 2 is 2.07 bits per heavy atom. The van der Waals surface area contributed by atoms with E-state index >= 15 is 0 Å². The number of hydrogen-bond donors (Lipinski definition) is 3. The third-order valence-electron chi connectivity index (χ3n) is 1.46. The second-order valence-corrected chi connectivity index (χ2v) is 3.87. The normalized spacial score (nSPS) is 11.0. The first-order valence-electron chi connectivity index (χ1n) is 3.58. The number of benzene rings is 1. The summed E-state index contributed by atoms with van der Waals surface area (Å²) in [7, 11) is -4.17. The molecule has 15 heavy (non-hydrogen) atoms. The molecule has 0 spiro atoms. The van der Waals surface area contributed by atoms with E-state index < -0.39 is 32.3 Å². The highest BCUT2D eigenvalue weighted by molar-refractivity contribution is 7.90. The minimum atomic E-state index is -4.17. The Kier molecular flexibility index (Phi) is 2.77. The lowest BCUT2D eigenvalue weighted by atomic mass is 10.2. The van der Waals surface area contributed by atoms with Gasteiger partial charge in [0.1, 0.15) is 5.75 Å². The molecule has 0 aliphatic carbocycles. The fourth-order valence-corrected chi connectivity index (χ4v) is 1.42. The quantitative estimate of drug-likeness (QED) is 0.381. The molecule has 0 aliphatic rings. The molecular weight excluding hydrogens is 226 g/mol. The number of phenols is 1. The van der Waals surface area contributed by atoms with Gasteiger partial charge in [0.2, 0.25) is 0 Å². The third kappa shape index (κ3) is 2.79. The summed E-state index contributed by atoms with van der Waals surface area (Å²) in [4.78, 5) is 9.64. The van der Waals surface area contributed by atoms with Crippen molar-refractivity contribution in [3.8, 4) is 5.75 Å². The maximum absolute atomic E-state index is 10.7. The van der Waals surface area contributed by atoms with Crippen molar-refractivity contribution in [2.24, 2.45) is 5.14 Å². The molecule has 82 valence electrons. The summed E-state index contributed by atoms with van der Waals surface area (Å²) in [5, 5.41) is 24.3. The number of hydrogen-bond acceptors (Lipinski definition) is 5. The summed E-state index contributed by atoms with van der Waals surface area (Å²) in [6.07, 6.45) is 0. The van der Waals surface area contributed by atoms with Crippen molar-refractivity contribution < 1.29 is 18.4 Å². The van der Waals surface area contributed by atoms with Gasteiger partial charge in [-0.15, -0.1) is 0 Å². The number of nitro groups is 1. The number of rotatable bonds is 3. The Morgan fingerprint density at radius 3 is 2.53 bits per heavy atom. The topological polar surface area (TPSA) is 136 Å². The van der Waals surface area contributed by atoms with Gasteiger partial charge in [0.15, 0.2) is 5.69 Å². The SMILES string of the molecule is NS(=O)(=O)Nc1c(O)cccc1[N+](=O)[O-]. The fourth-order valence-electron chi connectivity index (χ4n) is 0.927. The van der Waals surface area contributed by atoms with Crippen LogP contribution in [-0.4, -0.2) is 18.4 Å². The molecule has 0 amide bonds. The minimum absolute atomic E-state index is 0.551. The number of phenolic OH excluding ortho intramolecular Hbond substituents is 1. The van der Waals surface area contributed by atoms with Crippen LogP contribution in [0.15, 0.2) is 18.2 Å². The van der Waals surface area contributed by atoms with Crippen LogP contribution in [0.25, 0.3) is 0 Å². The van der Waals surface area contributed by atoms with Gasteiger partial charge < -0.3 is 5.11 Å². The van der Waals surface area contributed by atoms with Crippen LogP contribution < -0.4 is 9.86 Å². The number of nitrogens with one attached hydrogen (secondary N) is 1. The highest BCUT2D eigenvalue weighted by atomic mass is 32.2. The molecule has 0 unspecified atom stereocenters. The largest absolute Gasteiger partial charge is 0.505 e. The first-order valence-corrected chi connectivity index (χ1v) is 5.13. The van der Waals surface area contributed by atoms with E-state index in [1.807, 2.05) is 0 Å². The van der Waals surface area contributed by atoms with Gasteiger partial charge >= 0.3 is 0 Å². The van der Waals surface area contributed by atoms with Gasteiger partial charge in [-0.05, 0) is 6.07 Å². The summed E-state index contributed by atoms with van der Waals surface area (Å²) in [5.74, 6) is -0.571. The first-order chi connectivity index (χ1) is 6.81. The van der Waals surface area contributed by atoms with Crippen molar-refractivity contribution in [1.82, 2.24) is 0 Å². The summed E-state index contributed by atoms with van der Waals surface area (Å²) in [6, 6.07) is 3.34. The van der Waals surface area contributed by atoms with Crippen LogP contribution in [0, 0.1) is 10.1 Å². The number of nitrogens with two attached hydrogens (primary N) is 1. The predicted octanol–water partition coefficient (Wildman–Crippen LogP) is -0.0842. The average Bonchev–Trinajstić information content (AvgIpc) is 2.05. The van der Waals surface area contributed by atoms with E-state index in [2.05, 4.69) is 5.14 Å². The summed E-state index contributed by atoms with van der Waals surface area (Å²) < 4.78 is 23.0. The van der Waals surface area contributed by atoms with E-state index in [-0.39, 0.29) is 0 Å². The molecule has 0 atom stereocenters. The summed E-state index contributed by atoms with van der Waals surface area (Å²) >= 11 is 0. The molecule has 4 N–H and O–H groups in total. The van der Waals surface area contributed by atoms with Crippen LogP contribution in [0.4, 0.5) is 11.4 Å². The van der Waals surface area contributed by atoms with Crippen LogP contribution in [0.3, 0.4) is 0 Å². The Labute approximate surface area is 84.7 Å². The molecular formula is C6H7N3O5S. The minimum Gasteiger partial charge on any atom is -0.505 e. The lowest BCUT2D eigenvalue weighted by Gasteiger charge is -2.05. The van der Waals surface area contributed by atoms with Crippen LogP contribution >= 0.6 is 0 Å². The van der Waals surface area contributed by atoms with Gasteiger partial charge in [0.05, 0.1) is 4.92 Å². The van der Waals surface area contributed by atoms with E-state index in [4.69, 9.17) is 0 Å². The van der Waals surface area contributed by atoms with Crippen LogP contribution in [0.1, 0.15) is 0 Å². The smallest absolute Gasteiger partial charge is 0.297 e. The number of nitro benzene ring substituents is 1. The standard InChI is InChI=1S/C6H7N3O5S/c7-15(13,14)8-6-4(9(11)12)2-1-3-5(6)10/h1-3,8,10H,(H2,7,13,14). The molecule has 8 nitrogen and oxygen atoms in total. The van der Waals surface area contributed by atoms with Gasteiger partial charge in [-0.3, -0.25) is 14.8 Å². The van der Waals surface area contributed by atoms with Gasteiger partial charge in [-0.25, -0.2) is 5.14 Å². The molecule has 0 bridgehead atoms. The second kappa shape index (κ2) is 3.71. The Bertz CT molecular complexity index is 497. The van der Waals surface area contributed by atoms with Crippen molar-refractivity contribution in [3.63, 3.8) is 0 Å². The van der Waals surface area contributed by atoms with Gasteiger partial charge in [0, 0.05) is 6.07 Å². The highest BCUT2D eigenvalue weighted by Gasteiger charge is 2.20. The Morgan fingerprint density at radius 1 is 1.47 bits per heavy atom. The predicted molar refractivity (Wildman–Crippen MR) is 51.5 cm³/mol. The molecule has 0 saturated carbocycles. The molecule has 0 heterocycles. The maximum atomic E-state index is 10.7. The Hall–Kier alpha value is -1.87. The lowest BCUT2D eigenvalue weighted by Crippen LogP contribution is -2.22. The highest BCUT2D eigenvalue weighted by Crippen LogP contribution is 2.33. The van der Waals surface area contributed by atoms with Crippen LogP contribution in [-0.2, 0) is 10.2 Å². The average molecular weight is 233 g/mol. The molecule has 0 saturated heterocycles. The molecule has 1 rings (SSSR count). The van der Waals surface area contributed by atoms with Crippen LogP contribution in [0.2, 0.25) is 0 Å². The van der Waals surface area contributed by atoms with E-state index in [0.29, 0.717) is 0 Å². The zero-order chi connectivity index (χ0) is 11.6. The zero-order valence-electron chi connectivity index (χ0n) is 7.25. The van der Waals surface area contributed by atoms with E-state index in [1.54, 1.807) is 4.72 Å². The molecule has 0 fully saturated rings. The molecule has 1 aromatic carbocycles. The fraction of sp³-hybridized carbons (Fsp3) is 0. The third-order valence-corrected chi connectivity index (χ3v) is 1.95. The maximum Gasteiger partial charge on any atom is 0.297 e. The lowest BCUT2D eigenvalue weighted by molar-refractivity contribution is -0.383. The van der Waals surface area contributed by atoms with E-state index in [0.717, 1.165) is 12.1 Å². The first kappa shape index (κ1) is 11.2. The van der Waals surface area contributed by atoms with E-state index in [1.165, 1.54) is 6.07 Å². The number of para-hydroxylation sites is 1. The monoisotopic (exact) mass is 233 g/mol. The van der Waals surface area contributed by atoms with Crippen molar-refractivity contribution in [1.29, 1.82) is 0 Å².